The van der Waals surface area contributed by atoms with Gasteiger partial charge in [0, 0.05) is 12.6 Å². The van der Waals surface area contributed by atoms with Crippen LogP contribution in [-0.4, -0.2) is 28.5 Å². The number of aromatic nitrogens is 2. The highest BCUT2D eigenvalue weighted by Crippen LogP contribution is 2.39. The lowest BCUT2D eigenvalue weighted by molar-refractivity contribution is -0.136. The van der Waals surface area contributed by atoms with E-state index in [1.165, 1.54) is 36.0 Å². The van der Waals surface area contributed by atoms with E-state index >= 15 is 0 Å². The van der Waals surface area contributed by atoms with E-state index in [-0.39, 0.29) is 5.69 Å². The van der Waals surface area contributed by atoms with Crippen LogP contribution < -0.4 is 10.2 Å². The van der Waals surface area contributed by atoms with E-state index in [1.807, 2.05) is 6.92 Å². The molecule has 1 aliphatic rings. The monoisotopic (exact) mass is 448 g/mol. The Bertz CT molecular complexity index is 1140. The van der Waals surface area contributed by atoms with Gasteiger partial charge in [-0.2, -0.15) is 13.2 Å². The van der Waals surface area contributed by atoms with Crippen LogP contribution in [0.2, 0.25) is 0 Å². The fraction of sp³-hybridized carbons (Fsp3) is 0.409. The molecular weight excluding hydrogens is 425 g/mol. The summed E-state index contributed by atoms with van der Waals surface area (Å²) in [6.07, 6.45) is -1.26. The van der Waals surface area contributed by atoms with Crippen LogP contribution in [0, 0.1) is 13.8 Å². The van der Waals surface area contributed by atoms with Gasteiger partial charge in [0.2, 0.25) is 0 Å². The number of nitrogens with one attached hydrogen (secondary N) is 1. The van der Waals surface area contributed by atoms with Crippen molar-refractivity contribution in [1.29, 1.82) is 0 Å². The normalized spacial score (nSPS) is 17.2. The molecule has 1 amide bonds. The Morgan fingerprint density at radius 2 is 1.94 bits per heavy atom. The minimum Gasteiger partial charge on any atom is -0.353 e. The summed E-state index contributed by atoms with van der Waals surface area (Å²) >= 11 is 1.19. The fourth-order valence-corrected chi connectivity index (χ4v) is 5.19. The highest BCUT2D eigenvalue weighted by Gasteiger charge is 2.34. The molecule has 4 rings (SSSR count). The van der Waals surface area contributed by atoms with Gasteiger partial charge < -0.3 is 10.2 Å². The minimum atomic E-state index is -4.56. The Morgan fingerprint density at radius 3 is 2.65 bits per heavy atom. The van der Waals surface area contributed by atoms with E-state index in [0.717, 1.165) is 36.7 Å². The molecule has 31 heavy (non-hydrogen) atoms. The third-order valence-electron chi connectivity index (χ3n) is 5.64. The second kappa shape index (κ2) is 8.11. The number of halogens is 3. The van der Waals surface area contributed by atoms with E-state index in [2.05, 4.69) is 27.1 Å². The Hall–Kier alpha value is -2.68. The molecule has 0 bridgehead atoms. The SMILES string of the molecule is Cc1nc(N2CCCC[C@@H]2C)c2c(C)c(C(=O)Nc3ccccc3C(F)(F)F)sc2n1. The number of para-hydroxylation sites is 1. The van der Waals surface area contributed by atoms with Crippen LogP contribution in [-0.2, 0) is 6.18 Å². The molecule has 1 saturated heterocycles. The summed E-state index contributed by atoms with van der Waals surface area (Å²) in [5, 5.41) is 3.25. The molecule has 1 aromatic carbocycles. The number of nitrogens with zero attached hydrogens (tertiary/aromatic N) is 3. The van der Waals surface area contributed by atoms with Crippen LogP contribution in [0.3, 0.4) is 0 Å². The van der Waals surface area contributed by atoms with E-state index in [0.29, 0.717) is 27.1 Å². The number of anilines is 2. The molecule has 3 heterocycles. The zero-order valence-corrected chi connectivity index (χ0v) is 18.3. The second-order valence-corrected chi connectivity index (χ2v) is 8.87. The smallest absolute Gasteiger partial charge is 0.353 e. The number of fused-ring (bicyclic) bond motifs is 1. The highest BCUT2D eigenvalue weighted by molar-refractivity contribution is 7.20. The lowest BCUT2D eigenvalue weighted by atomic mass is 10.0. The standard InChI is InChI=1S/C22H23F3N4OS/c1-12-8-6-7-11-29(12)19-17-13(2)18(31-21(17)27-14(3)26-19)20(30)28-16-10-5-4-9-15(16)22(23,24)25/h4-5,9-10,12H,6-8,11H2,1-3H3,(H,28,30)/t12-/m0/s1. The van der Waals surface area contributed by atoms with E-state index in [1.54, 1.807) is 6.92 Å². The van der Waals surface area contributed by atoms with E-state index in [9.17, 15) is 18.0 Å². The summed E-state index contributed by atoms with van der Waals surface area (Å²) in [4.78, 5) is 25.4. The van der Waals surface area contributed by atoms with Crippen molar-refractivity contribution in [2.24, 2.45) is 0 Å². The molecule has 1 fully saturated rings. The van der Waals surface area contributed by atoms with Crippen molar-refractivity contribution in [2.45, 2.75) is 52.3 Å². The molecule has 0 radical (unpaired) electrons. The predicted molar refractivity (Wildman–Crippen MR) is 117 cm³/mol. The predicted octanol–water partition coefficient (Wildman–Crippen LogP) is 5.96. The molecule has 0 unspecified atom stereocenters. The number of benzene rings is 1. The van der Waals surface area contributed by atoms with Crippen molar-refractivity contribution in [3.8, 4) is 0 Å². The van der Waals surface area contributed by atoms with Crippen LogP contribution in [0.5, 0.6) is 0 Å². The average molecular weight is 449 g/mol. The maximum absolute atomic E-state index is 13.3. The number of carbonyl (C=O) groups excluding carboxylic acids is 1. The Morgan fingerprint density at radius 1 is 1.19 bits per heavy atom. The van der Waals surface area contributed by atoms with Gasteiger partial charge >= 0.3 is 6.18 Å². The lowest BCUT2D eigenvalue weighted by Crippen LogP contribution is -2.38. The first kappa shape index (κ1) is 21.5. The fourth-order valence-electron chi connectivity index (χ4n) is 4.08. The average Bonchev–Trinajstić information content (AvgIpc) is 3.04. The second-order valence-electron chi connectivity index (χ2n) is 7.87. The molecule has 9 heteroatoms. The Labute approximate surface area is 182 Å². The number of carbonyl (C=O) groups is 1. The number of aryl methyl sites for hydroxylation is 2. The minimum absolute atomic E-state index is 0.260. The van der Waals surface area contributed by atoms with E-state index in [4.69, 9.17) is 0 Å². The summed E-state index contributed by atoms with van der Waals surface area (Å²) in [5.41, 5.74) is -0.445. The molecule has 0 saturated carbocycles. The molecule has 1 aliphatic heterocycles. The largest absolute Gasteiger partial charge is 0.418 e. The maximum Gasteiger partial charge on any atom is 0.418 e. The number of piperidine rings is 1. The van der Waals surface area contributed by atoms with Crippen molar-refractivity contribution >= 4 is 39.0 Å². The van der Waals surface area contributed by atoms with Gasteiger partial charge in [-0.3, -0.25) is 4.79 Å². The van der Waals surface area contributed by atoms with Crippen LogP contribution in [0.1, 0.15) is 52.8 Å². The Balaban J connectivity index is 1.75. The zero-order chi connectivity index (χ0) is 22.3. The van der Waals surface area contributed by atoms with Gasteiger partial charge in [0.05, 0.1) is 21.5 Å². The van der Waals surface area contributed by atoms with Gasteiger partial charge in [0.1, 0.15) is 16.5 Å². The van der Waals surface area contributed by atoms with Crippen LogP contribution in [0.15, 0.2) is 24.3 Å². The molecule has 3 aromatic rings. The maximum atomic E-state index is 13.3. The summed E-state index contributed by atoms with van der Waals surface area (Å²) in [6.45, 7) is 6.65. The molecule has 0 spiro atoms. The number of rotatable bonds is 3. The topological polar surface area (TPSA) is 58.1 Å². The molecule has 2 aromatic heterocycles. The summed E-state index contributed by atoms with van der Waals surface area (Å²) in [6, 6.07) is 5.30. The van der Waals surface area contributed by atoms with Crippen LogP contribution >= 0.6 is 11.3 Å². The summed E-state index contributed by atoms with van der Waals surface area (Å²) in [7, 11) is 0. The van der Waals surface area contributed by atoms with Gasteiger partial charge in [-0.05, 0) is 57.7 Å². The van der Waals surface area contributed by atoms with Gasteiger partial charge in [-0.1, -0.05) is 12.1 Å². The summed E-state index contributed by atoms with van der Waals surface area (Å²) < 4.78 is 39.9. The van der Waals surface area contributed by atoms with E-state index < -0.39 is 17.6 Å². The quantitative estimate of drug-likeness (QED) is 0.537. The molecule has 1 atom stereocenters. The zero-order valence-electron chi connectivity index (χ0n) is 17.5. The molecule has 164 valence electrons. The first-order valence-corrected chi connectivity index (χ1v) is 11.0. The van der Waals surface area contributed by atoms with Crippen molar-refractivity contribution in [2.75, 3.05) is 16.8 Å². The van der Waals surface area contributed by atoms with Crippen molar-refractivity contribution in [1.82, 2.24) is 9.97 Å². The van der Waals surface area contributed by atoms with Gasteiger partial charge in [0.25, 0.3) is 5.91 Å². The molecule has 1 N–H and O–H groups in total. The lowest BCUT2D eigenvalue weighted by Gasteiger charge is -2.35. The van der Waals surface area contributed by atoms with Crippen LogP contribution in [0.25, 0.3) is 10.2 Å². The number of amides is 1. The first-order valence-electron chi connectivity index (χ1n) is 10.2. The Kier molecular flexibility index (Phi) is 5.63. The molecular formula is C22H23F3N4OS. The highest BCUT2D eigenvalue weighted by atomic mass is 32.1. The molecule has 0 aliphatic carbocycles. The number of alkyl halides is 3. The number of hydrogen-bond acceptors (Lipinski definition) is 5. The summed E-state index contributed by atoms with van der Waals surface area (Å²) in [5.74, 6) is 0.835. The van der Waals surface area contributed by atoms with Crippen molar-refractivity contribution < 1.29 is 18.0 Å². The van der Waals surface area contributed by atoms with Crippen molar-refractivity contribution in [3.63, 3.8) is 0 Å². The van der Waals surface area contributed by atoms with Gasteiger partial charge in [0.15, 0.2) is 0 Å². The van der Waals surface area contributed by atoms with Crippen molar-refractivity contribution in [3.05, 3.63) is 46.1 Å². The molecule has 5 nitrogen and oxygen atoms in total. The van der Waals surface area contributed by atoms with Crippen LogP contribution in [0.4, 0.5) is 24.7 Å². The van der Waals surface area contributed by atoms with Gasteiger partial charge in [-0.15, -0.1) is 11.3 Å². The third kappa shape index (κ3) is 4.11. The first-order chi connectivity index (χ1) is 14.7. The number of thiophene rings is 1. The third-order valence-corrected chi connectivity index (χ3v) is 6.83. The number of hydrogen-bond donors (Lipinski definition) is 1. The van der Waals surface area contributed by atoms with Gasteiger partial charge in [-0.25, -0.2) is 9.97 Å².